The number of nitrogens with one attached hydrogen (secondary N) is 1. The summed E-state index contributed by atoms with van der Waals surface area (Å²) in [6.07, 6.45) is 1.14. The lowest BCUT2D eigenvalue weighted by Gasteiger charge is -2.35. The first-order valence-electron chi connectivity index (χ1n) is 12.2. The summed E-state index contributed by atoms with van der Waals surface area (Å²) in [5.41, 5.74) is 3.19. The van der Waals surface area contributed by atoms with Crippen LogP contribution in [0.2, 0.25) is 0 Å². The number of carbonyl (C=O) groups is 3. The number of hydrogen-bond donors (Lipinski definition) is 1. The monoisotopic (exact) mass is 470 g/mol. The normalized spacial score (nSPS) is 15.8. The highest BCUT2D eigenvalue weighted by molar-refractivity contribution is 5.97. The molecular formula is C28H30N4O3. The summed E-state index contributed by atoms with van der Waals surface area (Å²) in [6, 6.07) is 22.0. The average Bonchev–Trinajstić information content (AvgIpc) is 3.32. The van der Waals surface area contributed by atoms with Crippen molar-refractivity contribution in [2.45, 2.75) is 12.8 Å². The third-order valence-corrected chi connectivity index (χ3v) is 6.94. The van der Waals surface area contributed by atoms with Crippen LogP contribution >= 0.6 is 0 Å². The first-order chi connectivity index (χ1) is 17.1. The van der Waals surface area contributed by atoms with Crippen molar-refractivity contribution in [1.82, 2.24) is 15.1 Å². The molecule has 0 radical (unpaired) electrons. The smallest absolute Gasteiger partial charge is 0.242 e. The van der Waals surface area contributed by atoms with Crippen molar-refractivity contribution in [2.75, 3.05) is 50.7 Å². The number of para-hydroxylation sites is 1. The molecule has 2 heterocycles. The topological polar surface area (TPSA) is 73.0 Å². The molecule has 2 aliphatic heterocycles. The Morgan fingerprint density at radius 1 is 0.771 bits per heavy atom. The third-order valence-electron chi connectivity index (χ3n) is 6.94. The second kappa shape index (κ2) is 10.3. The van der Waals surface area contributed by atoms with Gasteiger partial charge < -0.3 is 15.1 Å². The van der Waals surface area contributed by atoms with E-state index in [0.717, 1.165) is 35.0 Å². The van der Waals surface area contributed by atoms with E-state index in [1.165, 1.54) is 5.56 Å². The molecular weight excluding hydrogens is 440 g/mol. The van der Waals surface area contributed by atoms with Crippen molar-refractivity contribution < 1.29 is 14.4 Å². The number of piperazine rings is 1. The standard InChI is InChI=1S/C28H30N4O3/c33-26(18-23-9-5-8-21-6-1-3-10-24(21)23)29-19-27(34)31-16-14-30(15-17-31)20-28(35)32-13-12-22-7-2-4-11-25(22)32/h1-11H,12-20H2,(H,29,33). The van der Waals surface area contributed by atoms with Crippen molar-refractivity contribution >= 4 is 34.2 Å². The van der Waals surface area contributed by atoms with Gasteiger partial charge in [0.2, 0.25) is 17.7 Å². The zero-order valence-corrected chi connectivity index (χ0v) is 19.8. The molecule has 1 fully saturated rings. The van der Waals surface area contributed by atoms with Crippen LogP contribution in [0, 0.1) is 0 Å². The molecule has 0 aromatic heterocycles. The van der Waals surface area contributed by atoms with Gasteiger partial charge in [-0.25, -0.2) is 0 Å². The van der Waals surface area contributed by atoms with Crippen molar-refractivity contribution in [2.24, 2.45) is 0 Å². The number of rotatable bonds is 6. The molecule has 180 valence electrons. The molecule has 5 rings (SSSR count). The molecule has 1 N–H and O–H groups in total. The Labute approximate surface area is 205 Å². The Morgan fingerprint density at radius 3 is 2.37 bits per heavy atom. The van der Waals surface area contributed by atoms with Crippen LogP contribution in [0.3, 0.4) is 0 Å². The van der Waals surface area contributed by atoms with E-state index < -0.39 is 0 Å². The minimum atomic E-state index is -0.162. The summed E-state index contributed by atoms with van der Waals surface area (Å²) in [5, 5.41) is 4.93. The minimum Gasteiger partial charge on any atom is -0.347 e. The number of amides is 3. The van der Waals surface area contributed by atoms with Crippen molar-refractivity contribution in [3.63, 3.8) is 0 Å². The van der Waals surface area contributed by atoms with Gasteiger partial charge in [-0.05, 0) is 34.4 Å². The first-order valence-corrected chi connectivity index (χ1v) is 12.2. The fourth-order valence-corrected chi connectivity index (χ4v) is 5.00. The fraction of sp³-hybridized carbons (Fsp3) is 0.321. The van der Waals surface area contributed by atoms with E-state index in [0.29, 0.717) is 32.7 Å². The van der Waals surface area contributed by atoms with Gasteiger partial charge in [-0.1, -0.05) is 60.7 Å². The summed E-state index contributed by atoms with van der Waals surface area (Å²) >= 11 is 0. The van der Waals surface area contributed by atoms with Crippen molar-refractivity contribution in [1.29, 1.82) is 0 Å². The van der Waals surface area contributed by atoms with Crippen LogP contribution in [0.25, 0.3) is 10.8 Å². The fourth-order valence-electron chi connectivity index (χ4n) is 5.00. The van der Waals surface area contributed by atoms with E-state index in [2.05, 4.69) is 16.3 Å². The highest BCUT2D eigenvalue weighted by Crippen LogP contribution is 2.27. The SMILES string of the molecule is O=C(Cc1cccc2ccccc12)NCC(=O)N1CCN(CC(=O)N2CCc3ccccc32)CC1. The van der Waals surface area contributed by atoms with Crippen LogP contribution in [-0.4, -0.2) is 73.3 Å². The number of fused-ring (bicyclic) bond motifs is 2. The Bertz CT molecular complexity index is 1240. The lowest BCUT2D eigenvalue weighted by molar-refractivity contribution is -0.134. The quantitative estimate of drug-likeness (QED) is 0.600. The first kappa shape index (κ1) is 23.1. The Kier molecular flexibility index (Phi) is 6.77. The van der Waals surface area contributed by atoms with Gasteiger partial charge in [-0.2, -0.15) is 0 Å². The number of anilines is 1. The van der Waals surface area contributed by atoms with E-state index in [-0.39, 0.29) is 30.7 Å². The zero-order chi connectivity index (χ0) is 24.2. The van der Waals surface area contributed by atoms with E-state index in [1.807, 2.05) is 65.6 Å². The van der Waals surface area contributed by atoms with Crippen LogP contribution in [0.5, 0.6) is 0 Å². The van der Waals surface area contributed by atoms with Crippen LogP contribution in [0.15, 0.2) is 66.7 Å². The maximum Gasteiger partial charge on any atom is 0.242 e. The lowest BCUT2D eigenvalue weighted by Crippen LogP contribution is -2.53. The Morgan fingerprint density at radius 2 is 1.51 bits per heavy atom. The average molecular weight is 471 g/mol. The van der Waals surface area contributed by atoms with Gasteiger partial charge >= 0.3 is 0 Å². The largest absolute Gasteiger partial charge is 0.347 e. The maximum absolute atomic E-state index is 12.9. The molecule has 35 heavy (non-hydrogen) atoms. The van der Waals surface area contributed by atoms with E-state index >= 15 is 0 Å². The van der Waals surface area contributed by atoms with E-state index in [9.17, 15) is 14.4 Å². The number of hydrogen-bond acceptors (Lipinski definition) is 4. The van der Waals surface area contributed by atoms with Crippen LogP contribution in [0.4, 0.5) is 5.69 Å². The van der Waals surface area contributed by atoms with Gasteiger partial charge in [0.25, 0.3) is 0 Å². The molecule has 1 saturated heterocycles. The molecule has 7 heteroatoms. The molecule has 3 aromatic rings. The summed E-state index contributed by atoms with van der Waals surface area (Å²) in [5.74, 6) is -0.143. The molecule has 7 nitrogen and oxygen atoms in total. The minimum absolute atomic E-state index is 0.00685. The van der Waals surface area contributed by atoms with Crippen molar-refractivity contribution in [3.05, 3.63) is 77.9 Å². The zero-order valence-electron chi connectivity index (χ0n) is 19.8. The molecule has 3 aromatic carbocycles. The lowest BCUT2D eigenvalue weighted by atomic mass is 10.0. The molecule has 0 saturated carbocycles. The molecule has 3 amide bonds. The van der Waals surface area contributed by atoms with Crippen LogP contribution < -0.4 is 10.2 Å². The molecule has 2 aliphatic rings. The summed E-state index contributed by atoms with van der Waals surface area (Å²) in [6.45, 7) is 3.50. The van der Waals surface area contributed by atoms with Crippen LogP contribution in [0.1, 0.15) is 11.1 Å². The predicted molar refractivity (Wildman–Crippen MR) is 136 cm³/mol. The molecule has 0 bridgehead atoms. The molecule has 0 aliphatic carbocycles. The number of carbonyl (C=O) groups excluding carboxylic acids is 3. The number of benzene rings is 3. The van der Waals surface area contributed by atoms with Crippen molar-refractivity contribution in [3.8, 4) is 0 Å². The van der Waals surface area contributed by atoms with E-state index in [4.69, 9.17) is 0 Å². The van der Waals surface area contributed by atoms with Gasteiger partial charge in [0, 0.05) is 38.4 Å². The Hall–Kier alpha value is -3.71. The molecule has 0 spiro atoms. The number of nitrogens with zero attached hydrogens (tertiary/aromatic N) is 3. The second-order valence-corrected chi connectivity index (χ2v) is 9.17. The van der Waals surface area contributed by atoms with E-state index in [1.54, 1.807) is 4.90 Å². The van der Waals surface area contributed by atoms with Gasteiger partial charge in [0.05, 0.1) is 19.5 Å². The third kappa shape index (κ3) is 5.20. The molecule has 0 atom stereocenters. The van der Waals surface area contributed by atoms with Crippen LogP contribution in [-0.2, 0) is 27.2 Å². The highest BCUT2D eigenvalue weighted by Gasteiger charge is 2.28. The van der Waals surface area contributed by atoms with Gasteiger partial charge in [-0.3, -0.25) is 19.3 Å². The highest BCUT2D eigenvalue weighted by atomic mass is 16.2. The maximum atomic E-state index is 12.9. The summed E-state index contributed by atoms with van der Waals surface area (Å²) in [4.78, 5) is 43.8. The summed E-state index contributed by atoms with van der Waals surface area (Å²) < 4.78 is 0. The van der Waals surface area contributed by atoms with Gasteiger partial charge in [-0.15, -0.1) is 0 Å². The summed E-state index contributed by atoms with van der Waals surface area (Å²) in [7, 11) is 0. The van der Waals surface area contributed by atoms with Gasteiger partial charge in [0.1, 0.15) is 0 Å². The Balaban J connectivity index is 1.06. The molecule has 0 unspecified atom stereocenters. The second-order valence-electron chi connectivity index (χ2n) is 9.17. The predicted octanol–water partition coefficient (Wildman–Crippen LogP) is 2.23. The van der Waals surface area contributed by atoms with Gasteiger partial charge in [0.15, 0.2) is 0 Å².